The van der Waals surface area contributed by atoms with Crippen LogP contribution in [0.15, 0.2) is 41.0 Å². The molecule has 0 radical (unpaired) electrons. The van der Waals surface area contributed by atoms with Crippen LogP contribution >= 0.6 is 0 Å². The molecule has 16 heavy (non-hydrogen) atoms. The SMILES string of the molecule is COc1ccccc1C(O)c1occc1F. The highest BCUT2D eigenvalue weighted by Gasteiger charge is 2.21. The molecule has 1 aromatic heterocycles. The Balaban J connectivity index is 2.41. The first kappa shape index (κ1) is 10.7. The Morgan fingerprint density at radius 1 is 1.31 bits per heavy atom. The number of benzene rings is 1. The molecule has 0 spiro atoms. The van der Waals surface area contributed by atoms with Crippen LogP contribution in [0.4, 0.5) is 4.39 Å². The van der Waals surface area contributed by atoms with Crippen molar-refractivity contribution in [2.24, 2.45) is 0 Å². The zero-order valence-electron chi connectivity index (χ0n) is 8.68. The first-order valence-corrected chi connectivity index (χ1v) is 4.78. The summed E-state index contributed by atoms with van der Waals surface area (Å²) in [7, 11) is 1.49. The minimum absolute atomic E-state index is 0.107. The van der Waals surface area contributed by atoms with Gasteiger partial charge in [0.05, 0.1) is 13.4 Å². The van der Waals surface area contributed by atoms with Crippen LogP contribution in [0.5, 0.6) is 5.75 Å². The second-order valence-corrected chi connectivity index (χ2v) is 3.28. The summed E-state index contributed by atoms with van der Waals surface area (Å²) in [4.78, 5) is 0. The van der Waals surface area contributed by atoms with E-state index in [9.17, 15) is 9.50 Å². The van der Waals surface area contributed by atoms with Gasteiger partial charge in [0.2, 0.25) is 0 Å². The zero-order chi connectivity index (χ0) is 11.5. The Labute approximate surface area is 92.1 Å². The summed E-state index contributed by atoms with van der Waals surface area (Å²) in [5, 5.41) is 9.96. The van der Waals surface area contributed by atoms with Gasteiger partial charge in [-0.05, 0) is 6.07 Å². The summed E-state index contributed by atoms with van der Waals surface area (Å²) in [5.41, 5.74) is 0.471. The number of halogens is 1. The van der Waals surface area contributed by atoms with Crippen molar-refractivity contribution in [2.75, 3.05) is 7.11 Å². The fraction of sp³-hybridized carbons (Fsp3) is 0.167. The molecule has 3 nitrogen and oxygen atoms in total. The molecule has 2 aromatic rings. The van der Waals surface area contributed by atoms with Crippen molar-refractivity contribution in [3.05, 3.63) is 53.7 Å². The first-order valence-electron chi connectivity index (χ1n) is 4.78. The van der Waals surface area contributed by atoms with Gasteiger partial charge in [-0.25, -0.2) is 4.39 Å². The molecular weight excluding hydrogens is 211 g/mol. The van der Waals surface area contributed by atoms with E-state index in [0.717, 1.165) is 6.07 Å². The van der Waals surface area contributed by atoms with Gasteiger partial charge in [-0.2, -0.15) is 0 Å². The summed E-state index contributed by atoms with van der Waals surface area (Å²) in [5.74, 6) is -0.186. The van der Waals surface area contributed by atoms with Crippen LogP contribution in [0.2, 0.25) is 0 Å². The van der Waals surface area contributed by atoms with Gasteiger partial charge >= 0.3 is 0 Å². The van der Waals surface area contributed by atoms with Crippen LogP contribution in [0.3, 0.4) is 0 Å². The van der Waals surface area contributed by atoms with Crippen LogP contribution in [-0.2, 0) is 0 Å². The number of aliphatic hydroxyl groups is 1. The Kier molecular flexibility index (Phi) is 2.92. The largest absolute Gasteiger partial charge is 0.496 e. The van der Waals surface area contributed by atoms with E-state index in [4.69, 9.17) is 9.15 Å². The first-order chi connectivity index (χ1) is 7.74. The van der Waals surface area contributed by atoms with E-state index in [-0.39, 0.29) is 5.76 Å². The molecule has 0 aliphatic carbocycles. The van der Waals surface area contributed by atoms with Gasteiger partial charge in [-0.15, -0.1) is 0 Å². The average Bonchev–Trinajstić information content (AvgIpc) is 2.74. The topological polar surface area (TPSA) is 42.6 Å². The molecule has 0 amide bonds. The number of rotatable bonds is 3. The monoisotopic (exact) mass is 222 g/mol. The molecule has 1 heterocycles. The second kappa shape index (κ2) is 4.37. The third-order valence-corrected chi connectivity index (χ3v) is 2.33. The number of aliphatic hydroxyl groups excluding tert-OH is 1. The molecule has 0 saturated carbocycles. The highest BCUT2D eigenvalue weighted by molar-refractivity contribution is 5.38. The van der Waals surface area contributed by atoms with Crippen LogP contribution in [0, 0.1) is 5.82 Å². The van der Waals surface area contributed by atoms with E-state index in [2.05, 4.69) is 0 Å². The van der Waals surface area contributed by atoms with Gasteiger partial charge in [0.15, 0.2) is 11.6 Å². The smallest absolute Gasteiger partial charge is 0.172 e. The highest BCUT2D eigenvalue weighted by Crippen LogP contribution is 2.31. The number of hydrogen-bond donors (Lipinski definition) is 1. The molecule has 0 saturated heterocycles. The van der Waals surface area contributed by atoms with Crippen molar-refractivity contribution < 1.29 is 18.7 Å². The Morgan fingerprint density at radius 2 is 2.06 bits per heavy atom. The fourth-order valence-corrected chi connectivity index (χ4v) is 1.53. The fourth-order valence-electron chi connectivity index (χ4n) is 1.53. The second-order valence-electron chi connectivity index (χ2n) is 3.28. The van der Waals surface area contributed by atoms with E-state index in [0.29, 0.717) is 11.3 Å². The predicted octanol–water partition coefficient (Wildman–Crippen LogP) is 2.51. The number of furan rings is 1. The van der Waals surface area contributed by atoms with Gasteiger partial charge in [-0.3, -0.25) is 0 Å². The van der Waals surface area contributed by atoms with Crippen molar-refractivity contribution in [1.82, 2.24) is 0 Å². The summed E-state index contributed by atoms with van der Waals surface area (Å²) >= 11 is 0. The van der Waals surface area contributed by atoms with Crippen molar-refractivity contribution >= 4 is 0 Å². The molecule has 0 aliphatic rings. The van der Waals surface area contributed by atoms with E-state index in [1.54, 1.807) is 24.3 Å². The Hall–Kier alpha value is -1.81. The molecule has 84 valence electrons. The van der Waals surface area contributed by atoms with Crippen molar-refractivity contribution in [2.45, 2.75) is 6.10 Å². The van der Waals surface area contributed by atoms with Gasteiger partial charge < -0.3 is 14.3 Å². The van der Waals surface area contributed by atoms with Crippen molar-refractivity contribution in [3.63, 3.8) is 0 Å². The Morgan fingerprint density at radius 3 is 2.69 bits per heavy atom. The number of hydrogen-bond acceptors (Lipinski definition) is 3. The summed E-state index contributed by atoms with van der Waals surface area (Å²) in [6.07, 6.45) is 0.0367. The number of methoxy groups -OCH3 is 1. The highest BCUT2D eigenvalue weighted by atomic mass is 19.1. The molecular formula is C12H11FO3. The summed E-state index contributed by atoms with van der Waals surface area (Å²) < 4.78 is 23.2. The normalized spacial score (nSPS) is 12.4. The van der Waals surface area contributed by atoms with E-state index >= 15 is 0 Å². The quantitative estimate of drug-likeness (QED) is 0.867. The average molecular weight is 222 g/mol. The van der Waals surface area contributed by atoms with Gasteiger partial charge in [0.25, 0.3) is 0 Å². The third kappa shape index (κ3) is 1.79. The van der Waals surface area contributed by atoms with Gasteiger partial charge in [-0.1, -0.05) is 18.2 Å². The maximum Gasteiger partial charge on any atom is 0.172 e. The minimum Gasteiger partial charge on any atom is -0.496 e. The summed E-state index contributed by atoms with van der Waals surface area (Å²) in [6.45, 7) is 0. The molecule has 0 fully saturated rings. The molecule has 4 heteroatoms. The van der Waals surface area contributed by atoms with Crippen LogP contribution in [0.25, 0.3) is 0 Å². The van der Waals surface area contributed by atoms with E-state index < -0.39 is 11.9 Å². The number of ether oxygens (including phenoxy) is 1. The van der Waals surface area contributed by atoms with E-state index in [1.165, 1.54) is 13.4 Å². The standard InChI is InChI=1S/C12H11FO3/c1-15-10-5-3-2-4-8(10)11(14)12-9(13)6-7-16-12/h2-7,11,14H,1H3. The Bertz CT molecular complexity index is 479. The van der Waals surface area contributed by atoms with Crippen LogP contribution < -0.4 is 4.74 Å². The molecule has 0 aliphatic heterocycles. The zero-order valence-corrected chi connectivity index (χ0v) is 8.68. The molecule has 1 atom stereocenters. The maximum atomic E-state index is 13.2. The minimum atomic E-state index is -1.16. The van der Waals surface area contributed by atoms with Crippen LogP contribution in [0.1, 0.15) is 17.4 Å². The molecule has 0 bridgehead atoms. The third-order valence-electron chi connectivity index (χ3n) is 2.33. The lowest BCUT2D eigenvalue weighted by atomic mass is 10.1. The van der Waals surface area contributed by atoms with Gasteiger partial charge in [0, 0.05) is 11.6 Å². The lowest BCUT2D eigenvalue weighted by molar-refractivity contribution is 0.178. The molecule has 1 unspecified atom stereocenters. The van der Waals surface area contributed by atoms with E-state index in [1.807, 2.05) is 0 Å². The molecule has 1 aromatic carbocycles. The van der Waals surface area contributed by atoms with Crippen molar-refractivity contribution in [3.8, 4) is 5.75 Å². The van der Waals surface area contributed by atoms with Crippen molar-refractivity contribution in [1.29, 1.82) is 0 Å². The summed E-state index contributed by atoms with van der Waals surface area (Å²) in [6, 6.07) is 8.02. The molecule has 1 N–H and O–H groups in total. The molecule has 2 rings (SSSR count). The number of para-hydroxylation sites is 1. The predicted molar refractivity (Wildman–Crippen MR) is 55.7 cm³/mol. The lowest BCUT2D eigenvalue weighted by Crippen LogP contribution is -2.02. The lowest BCUT2D eigenvalue weighted by Gasteiger charge is -2.12. The van der Waals surface area contributed by atoms with Crippen LogP contribution in [-0.4, -0.2) is 12.2 Å². The van der Waals surface area contributed by atoms with Gasteiger partial charge in [0.1, 0.15) is 11.9 Å². The maximum absolute atomic E-state index is 13.2.